The van der Waals surface area contributed by atoms with E-state index in [-0.39, 0.29) is 11.9 Å². The fourth-order valence-electron chi connectivity index (χ4n) is 2.30. The van der Waals surface area contributed by atoms with Crippen molar-refractivity contribution in [1.82, 2.24) is 0 Å². The average molecular weight is 327 g/mol. The Morgan fingerprint density at radius 2 is 1.71 bits per heavy atom. The molecule has 1 atom stereocenters. The second kappa shape index (κ2) is 8.72. The van der Waals surface area contributed by atoms with Gasteiger partial charge in [0, 0.05) is 12.1 Å². The Morgan fingerprint density at radius 1 is 1.04 bits per heavy atom. The first-order chi connectivity index (χ1) is 11.6. The smallest absolute Gasteiger partial charge is 0.338 e. The zero-order valence-corrected chi connectivity index (χ0v) is 13.8. The molecule has 0 fully saturated rings. The molecule has 0 radical (unpaired) electrons. The number of rotatable bonds is 7. The molecule has 0 aliphatic heterocycles. The standard InChI is InChI=1S/C19H21NO4/c1-3-24-18(21)15-9-11-16(12-10-15)20-17(19(22)23-2)13-14-7-5-4-6-8-14/h4-12,17,20H,3,13H2,1-2H3/t17-/m0/s1. The predicted molar refractivity (Wildman–Crippen MR) is 92.0 cm³/mol. The number of hydrogen-bond acceptors (Lipinski definition) is 5. The van der Waals surface area contributed by atoms with Crippen molar-refractivity contribution in [3.63, 3.8) is 0 Å². The molecule has 1 N–H and O–H groups in total. The van der Waals surface area contributed by atoms with Gasteiger partial charge in [-0.05, 0) is 36.8 Å². The molecule has 5 nitrogen and oxygen atoms in total. The minimum absolute atomic E-state index is 0.334. The Morgan fingerprint density at radius 3 is 2.29 bits per heavy atom. The van der Waals surface area contributed by atoms with Crippen molar-refractivity contribution in [3.8, 4) is 0 Å². The molecule has 0 saturated carbocycles. The average Bonchev–Trinajstić information content (AvgIpc) is 2.62. The fraction of sp³-hybridized carbons (Fsp3) is 0.263. The van der Waals surface area contributed by atoms with Gasteiger partial charge in [-0.2, -0.15) is 0 Å². The van der Waals surface area contributed by atoms with Crippen LogP contribution in [0.3, 0.4) is 0 Å². The van der Waals surface area contributed by atoms with Crippen LogP contribution in [-0.4, -0.2) is 31.7 Å². The molecule has 0 aliphatic carbocycles. The third-order valence-electron chi connectivity index (χ3n) is 3.51. The van der Waals surface area contributed by atoms with Gasteiger partial charge in [-0.3, -0.25) is 0 Å². The third kappa shape index (κ3) is 4.84. The maximum atomic E-state index is 12.0. The highest BCUT2D eigenvalue weighted by Crippen LogP contribution is 2.14. The molecule has 5 heteroatoms. The molecule has 0 aromatic heterocycles. The van der Waals surface area contributed by atoms with E-state index in [1.54, 1.807) is 31.2 Å². The molecule has 2 aromatic carbocycles. The molecule has 0 saturated heterocycles. The SMILES string of the molecule is CCOC(=O)c1ccc(N[C@@H](Cc2ccccc2)C(=O)OC)cc1. The first-order valence-electron chi connectivity index (χ1n) is 7.79. The monoisotopic (exact) mass is 327 g/mol. The van der Waals surface area contributed by atoms with Crippen molar-refractivity contribution < 1.29 is 19.1 Å². The van der Waals surface area contributed by atoms with Crippen LogP contribution in [-0.2, 0) is 20.7 Å². The molecule has 0 heterocycles. The van der Waals surface area contributed by atoms with Crippen LogP contribution in [0.5, 0.6) is 0 Å². The van der Waals surface area contributed by atoms with Crippen LogP contribution in [0.1, 0.15) is 22.8 Å². The normalized spacial score (nSPS) is 11.4. The summed E-state index contributed by atoms with van der Waals surface area (Å²) in [4.78, 5) is 23.7. The summed E-state index contributed by atoms with van der Waals surface area (Å²) in [5.74, 6) is -0.703. The second-order valence-electron chi connectivity index (χ2n) is 5.21. The van der Waals surface area contributed by atoms with Gasteiger partial charge in [-0.1, -0.05) is 30.3 Å². The number of methoxy groups -OCH3 is 1. The van der Waals surface area contributed by atoms with E-state index in [0.717, 1.165) is 11.3 Å². The van der Waals surface area contributed by atoms with Crippen molar-refractivity contribution in [2.24, 2.45) is 0 Å². The van der Waals surface area contributed by atoms with Gasteiger partial charge in [0.25, 0.3) is 0 Å². The van der Waals surface area contributed by atoms with Crippen LogP contribution in [0, 0.1) is 0 Å². The van der Waals surface area contributed by atoms with Crippen LogP contribution in [0.2, 0.25) is 0 Å². The van der Waals surface area contributed by atoms with Gasteiger partial charge in [0.05, 0.1) is 19.3 Å². The zero-order chi connectivity index (χ0) is 17.4. The van der Waals surface area contributed by atoms with E-state index < -0.39 is 6.04 Å². The lowest BCUT2D eigenvalue weighted by Crippen LogP contribution is -2.32. The van der Waals surface area contributed by atoms with Gasteiger partial charge in [0.2, 0.25) is 0 Å². The van der Waals surface area contributed by atoms with Crippen LogP contribution in [0.4, 0.5) is 5.69 Å². The van der Waals surface area contributed by atoms with Crippen molar-refractivity contribution in [3.05, 3.63) is 65.7 Å². The highest BCUT2D eigenvalue weighted by molar-refractivity contribution is 5.90. The molecular weight excluding hydrogens is 306 g/mol. The number of esters is 2. The summed E-state index contributed by atoms with van der Waals surface area (Å²) in [7, 11) is 1.37. The molecule has 0 unspecified atom stereocenters. The minimum atomic E-state index is -0.508. The molecular formula is C19H21NO4. The Labute approximate surface area is 141 Å². The topological polar surface area (TPSA) is 64.6 Å². The fourth-order valence-corrected chi connectivity index (χ4v) is 2.30. The summed E-state index contributed by atoms with van der Waals surface area (Å²) in [5, 5.41) is 3.15. The largest absolute Gasteiger partial charge is 0.467 e. The first-order valence-corrected chi connectivity index (χ1v) is 7.79. The van der Waals surface area contributed by atoms with E-state index in [2.05, 4.69) is 5.32 Å². The van der Waals surface area contributed by atoms with Crippen molar-refractivity contribution in [1.29, 1.82) is 0 Å². The molecule has 126 valence electrons. The molecule has 0 amide bonds. The summed E-state index contributed by atoms with van der Waals surface area (Å²) < 4.78 is 9.83. The van der Waals surface area contributed by atoms with Gasteiger partial charge in [-0.15, -0.1) is 0 Å². The van der Waals surface area contributed by atoms with Crippen LogP contribution in [0.15, 0.2) is 54.6 Å². The molecule has 24 heavy (non-hydrogen) atoms. The Bertz CT molecular complexity index is 668. The van der Waals surface area contributed by atoms with E-state index in [4.69, 9.17) is 9.47 Å². The first kappa shape index (κ1) is 17.5. The number of hydrogen-bond donors (Lipinski definition) is 1. The Balaban J connectivity index is 2.09. The van der Waals surface area contributed by atoms with E-state index in [9.17, 15) is 9.59 Å². The zero-order valence-electron chi connectivity index (χ0n) is 13.8. The lowest BCUT2D eigenvalue weighted by molar-refractivity contribution is -0.141. The summed E-state index contributed by atoms with van der Waals surface area (Å²) in [6.07, 6.45) is 0.507. The van der Waals surface area contributed by atoms with E-state index >= 15 is 0 Å². The molecule has 0 spiro atoms. The number of benzene rings is 2. The van der Waals surface area contributed by atoms with Crippen molar-refractivity contribution >= 4 is 17.6 Å². The van der Waals surface area contributed by atoms with Crippen LogP contribution < -0.4 is 5.32 Å². The minimum Gasteiger partial charge on any atom is -0.467 e. The number of carbonyl (C=O) groups is 2. The lowest BCUT2D eigenvalue weighted by Gasteiger charge is -2.18. The Kier molecular flexibility index (Phi) is 6.37. The maximum Gasteiger partial charge on any atom is 0.338 e. The summed E-state index contributed by atoms with van der Waals surface area (Å²) in [6.45, 7) is 2.10. The maximum absolute atomic E-state index is 12.0. The summed E-state index contributed by atoms with van der Waals surface area (Å²) in [6, 6.07) is 16.0. The molecule has 2 aromatic rings. The predicted octanol–water partition coefficient (Wildman–Crippen LogP) is 3.06. The highest BCUT2D eigenvalue weighted by atomic mass is 16.5. The number of carbonyl (C=O) groups excluding carboxylic acids is 2. The number of nitrogens with one attached hydrogen (secondary N) is 1. The quantitative estimate of drug-likeness (QED) is 0.792. The second-order valence-corrected chi connectivity index (χ2v) is 5.21. The lowest BCUT2D eigenvalue weighted by atomic mass is 10.1. The van der Waals surface area contributed by atoms with Gasteiger partial charge in [-0.25, -0.2) is 9.59 Å². The molecule has 2 rings (SSSR count). The van der Waals surface area contributed by atoms with Crippen molar-refractivity contribution in [2.75, 3.05) is 19.0 Å². The Hall–Kier alpha value is -2.82. The summed E-state index contributed by atoms with van der Waals surface area (Å²) >= 11 is 0. The third-order valence-corrected chi connectivity index (χ3v) is 3.51. The van der Waals surface area contributed by atoms with Gasteiger partial charge in [0.15, 0.2) is 0 Å². The van der Waals surface area contributed by atoms with E-state index in [1.807, 2.05) is 30.3 Å². The summed E-state index contributed by atoms with van der Waals surface area (Å²) in [5.41, 5.74) is 2.23. The van der Waals surface area contributed by atoms with Gasteiger partial charge >= 0.3 is 11.9 Å². The number of anilines is 1. The molecule has 0 aliphatic rings. The van der Waals surface area contributed by atoms with Crippen molar-refractivity contribution in [2.45, 2.75) is 19.4 Å². The van der Waals surface area contributed by atoms with Crippen LogP contribution in [0.25, 0.3) is 0 Å². The van der Waals surface area contributed by atoms with E-state index in [0.29, 0.717) is 18.6 Å². The van der Waals surface area contributed by atoms with Gasteiger partial charge in [0.1, 0.15) is 6.04 Å². The molecule has 0 bridgehead atoms. The van der Waals surface area contributed by atoms with E-state index in [1.165, 1.54) is 7.11 Å². The van der Waals surface area contributed by atoms with Gasteiger partial charge < -0.3 is 14.8 Å². The van der Waals surface area contributed by atoms with Crippen LogP contribution >= 0.6 is 0 Å². The number of ether oxygens (including phenoxy) is 2. The highest BCUT2D eigenvalue weighted by Gasteiger charge is 2.19.